The minimum Gasteiger partial charge on any atom is -0.413 e. The van der Waals surface area contributed by atoms with Crippen molar-refractivity contribution in [1.29, 1.82) is 0 Å². The predicted octanol–water partition coefficient (Wildman–Crippen LogP) is 5.16. The standard InChI is InChI=1S/C19H32BClO3Si/c1-17(2,3)25(8,9)22-13-14-10-11-16(21)15(12-14)20-23-18(4,5)19(6,7)24-20/h10-12H,13H2,1-9H3. The highest BCUT2D eigenvalue weighted by molar-refractivity contribution is 6.74. The fourth-order valence-corrected chi connectivity index (χ4v) is 3.48. The van der Waals surface area contributed by atoms with Crippen LogP contribution in [-0.4, -0.2) is 26.6 Å². The summed E-state index contributed by atoms with van der Waals surface area (Å²) in [5.74, 6) is 0. The van der Waals surface area contributed by atoms with Gasteiger partial charge in [-0.1, -0.05) is 44.5 Å². The minimum atomic E-state index is -1.79. The Morgan fingerprint density at radius 2 is 1.60 bits per heavy atom. The Bertz CT molecular complexity index is 622. The van der Waals surface area contributed by atoms with Crippen molar-refractivity contribution in [3.05, 3.63) is 28.8 Å². The Morgan fingerprint density at radius 1 is 1.08 bits per heavy atom. The van der Waals surface area contributed by atoms with E-state index in [1.54, 1.807) is 0 Å². The van der Waals surface area contributed by atoms with E-state index in [4.69, 9.17) is 25.3 Å². The van der Waals surface area contributed by atoms with Gasteiger partial charge in [0.05, 0.1) is 17.8 Å². The zero-order chi connectivity index (χ0) is 19.3. The molecule has 0 aliphatic carbocycles. The molecular weight excluding hydrogens is 351 g/mol. The molecule has 1 aromatic carbocycles. The van der Waals surface area contributed by atoms with Gasteiger partial charge in [-0.2, -0.15) is 0 Å². The van der Waals surface area contributed by atoms with Gasteiger partial charge >= 0.3 is 7.12 Å². The molecule has 3 nitrogen and oxygen atoms in total. The van der Waals surface area contributed by atoms with Crippen molar-refractivity contribution in [2.45, 2.75) is 84.4 Å². The van der Waals surface area contributed by atoms with Gasteiger partial charge in [0.2, 0.25) is 0 Å². The average Bonchev–Trinajstić information content (AvgIpc) is 2.65. The lowest BCUT2D eigenvalue weighted by molar-refractivity contribution is 0.00578. The van der Waals surface area contributed by atoms with Crippen LogP contribution in [0.1, 0.15) is 54.0 Å². The Hall–Kier alpha value is -0.328. The number of hydrogen-bond acceptors (Lipinski definition) is 3. The maximum Gasteiger partial charge on any atom is 0.496 e. The first kappa shape index (κ1) is 21.0. The van der Waals surface area contributed by atoms with Crippen LogP contribution in [0.5, 0.6) is 0 Å². The first-order valence-electron chi connectivity index (χ1n) is 8.94. The van der Waals surface area contributed by atoms with E-state index in [2.05, 4.69) is 39.9 Å². The molecule has 0 N–H and O–H groups in total. The van der Waals surface area contributed by atoms with E-state index in [1.807, 2.05) is 39.8 Å². The Labute approximate surface area is 159 Å². The van der Waals surface area contributed by atoms with Crippen molar-refractivity contribution in [3.63, 3.8) is 0 Å². The van der Waals surface area contributed by atoms with Crippen LogP contribution in [0.4, 0.5) is 0 Å². The van der Waals surface area contributed by atoms with Gasteiger partial charge in [-0.3, -0.25) is 0 Å². The van der Waals surface area contributed by atoms with E-state index >= 15 is 0 Å². The van der Waals surface area contributed by atoms with Crippen molar-refractivity contribution in [3.8, 4) is 0 Å². The molecule has 1 fully saturated rings. The molecule has 25 heavy (non-hydrogen) atoms. The number of halogens is 1. The third-order valence-electron chi connectivity index (χ3n) is 5.97. The number of hydrogen-bond donors (Lipinski definition) is 0. The molecule has 1 heterocycles. The lowest BCUT2D eigenvalue weighted by atomic mass is 9.78. The highest BCUT2D eigenvalue weighted by atomic mass is 35.5. The van der Waals surface area contributed by atoms with Gasteiger partial charge < -0.3 is 13.7 Å². The largest absolute Gasteiger partial charge is 0.496 e. The van der Waals surface area contributed by atoms with Crippen LogP contribution in [-0.2, 0) is 20.3 Å². The van der Waals surface area contributed by atoms with Crippen molar-refractivity contribution >= 4 is 32.5 Å². The second-order valence-electron chi connectivity index (χ2n) is 9.49. The molecule has 2 rings (SSSR count). The zero-order valence-electron chi connectivity index (χ0n) is 17.1. The molecule has 0 saturated carbocycles. The van der Waals surface area contributed by atoms with Gasteiger partial charge in [-0.15, -0.1) is 0 Å². The Kier molecular flexibility index (Phi) is 5.61. The molecule has 0 aromatic heterocycles. The highest BCUT2D eigenvalue weighted by Gasteiger charge is 2.52. The first-order valence-corrected chi connectivity index (χ1v) is 12.2. The van der Waals surface area contributed by atoms with Crippen LogP contribution >= 0.6 is 11.6 Å². The van der Waals surface area contributed by atoms with Crippen LogP contribution in [0.25, 0.3) is 0 Å². The van der Waals surface area contributed by atoms with Gasteiger partial charge in [0.25, 0.3) is 0 Å². The molecule has 0 spiro atoms. The van der Waals surface area contributed by atoms with Crippen molar-refractivity contribution in [2.75, 3.05) is 0 Å². The van der Waals surface area contributed by atoms with E-state index in [0.29, 0.717) is 11.6 Å². The van der Waals surface area contributed by atoms with E-state index in [9.17, 15) is 0 Å². The van der Waals surface area contributed by atoms with Gasteiger partial charge in [0.15, 0.2) is 8.32 Å². The maximum absolute atomic E-state index is 6.43. The Morgan fingerprint density at radius 3 is 2.08 bits per heavy atom. The molecule has 1 aliphatic rings. The predicted molar refractivity (Wildman–Crippen MR) is 109 cm³/mol. The summed E-state index contributed by atoms with van der Waals surface area (Å²) in [7, 11) is -2.25. The first-order chi connectivity index (χ1) is 11.2. The molecule has 1 saturated heterocycles. The summed E-state index contributed by atoms with van der Waals surface area (Å²) in [6.45, 7) is 20.0. The summed E-state index contributed by atoms with van der Waals surface area (Å²) in [4.78, 5) is 0. The Balaban J connectivity index is 2.19. The summed E-state index contributed by atoms with van der Waals surface area (Å²) in [5, 5.41) is 0.850. The van der Waals surface area contributed by atoms with E-state index < -0.39 is 15.4 Å². The minimum absolute atomic E-state index is 0.188. The molecule has 0 unspecified atom stereocenters. The summed E-state index contributed by atoms with van der Waals surface area (Å²) >= 11 is 6.43. The molecule has 6 heteroatoms. The average molecular weight is 383 g/mol. The smallest absolute Gasteiger partial charge is 0.413 e. The molecular formula is C19H32BClO3Si. The molecule has 140 valence electrons. The lowest BCUT2D eigenvalue weighted by Gasteiger charge is -2.36. The molecule has 0 bridgehead atoms. The topological polar surface area (TPSA) is 27.7 Å². The number of benzene rings is 1. The molecule has 0 atom stereocenters. The van der Waals surface area contributed by atoms with Gasteiger partial charge in [-0.25, -0.2) is 0 Å². The van der Waals surface area contributed by atoms with Crippen molar-refractivity contribution in [1.82, 2.24) is 0 Å². The monoisotopic (exact) mass is 382 g/mol. The quantitative estimate of drug-likeness (QED) is 0.673. The van der Waals surface area contributed by atoms with E-state index in [0.717, 1.165) is 11.0 Å². The van der Waals surface area contributed by atoms with Crippen LogP contribution in [0.2, 0.25) is 23.2 Å². The van der Waals surface area contributed by atoms with E-state index in [1.165, 1.54) is 0 Å². The SMILES string of the molecule is CC1(C)OB(c2cc(CO[Si](C)(C)C(C)(C)C)ccc2Cl)OC1(C)C. The summed E-state index contributed by atoms with van der Waals surface area (Å²) in [6.07, 6.45) is 0. The van der Waals surface area contributed by atoms with Crippen molar-refractivity contribution < 1.29 is 13.7 Å². The maximum atomic E-state index is 6.43. The second kappa shape index (κ2) is 6.68. The molecule has 1 aromatic rings. The lowest BCUT2D eigenvalue weighted by Crippen LogP contribution is -2.41. The fourth-order valence-electron chi connectivity index (χ4n) is 2.31. The third-order valence-corrected chi connectivity index (χ3v) is 10.8. The van der Waals surface area contributed by atoms with Crippen LogP contribution < -0.4 is 5.46 Å². The van der Waals surface area contributed by atoms with Crippen LogP contribution in [0.3, 0.4) is 0 Å². The molecule has 1 aliphatic heterocycles. The molecule has 0 radical (unpaired) electrons. The summed E-state index contributed by atoms with van der Waals surface area (Å²) < 4.78 is 18.6. The van der Waals surface area contributed by atoms with Gasteiger partial charge in [0, 0.05) is 10.5 Å². The van der Waals surface area contributed by atoms with E-state index in [-0.39, 0.29) is 16.2 Å². The zero-order valence-corrected chi connectivity index (χ0v) is 18.9. The van der Waals surface area contributed by atoms with Crippen molar-refractivity contribution in [2.24, 2.45) is 0 Å². The number of rotatable bonds is 4. The highest BCUT2D eigenvalue weighted by Crippen LogP contribution is 2.38. The van der Waals surface area contributed by atoms with Gasteiger partial charge in [-0.05, 0) is 57.5 Å². The third kappa shape index (κ3) is 4.33. The summed E-state index contributed by atoms with van der Waals surface area (Å²) in [5.41, 5.74) is 1.21. The normalized spacial score (nSPS) is 20.2. The fraction of sp³-hybridized carbons (Fsp3) is 0.684. The second-order valence-corrected chi connectivity index (χ2v) is 14.7. The van der Waals surface area contributed by atoms with Gasteiger partial charge in [0.1, 0.15) is 0 Å². The molecule has 0 amide bonds. The van der Waals surface area contributed by atoms with Crippen LogP contribution in [0, 0.1) is 0 Å². The van der Waals surface area contributed by atoms with Crippen LogP contribution in [0.15, 0.2) is 18.2 Å². The summed E-state index contributed by atoms with van der Waals surface area (Å²) in [6, 6.07) is 5.98.